The number of hydrogen-bond acceptors (Lipinski definition) is 6. The third kappa shape index (κ3) is 4.09. The SMILES string of the molecule is CCc1oc(N2CC(CC)(OC)C2)nc1C(=O)Nc1cc(C)c(OC2CC3C[C@H]3C2)c(F)c1. The zero-order valence-electron chi connectivity index (χ0n) is 19.7. The van der Waals surface area contributed by atoms with Crippen LogP contribution in [0.5, 0.6) is 5.75 Å². The van der Waals surface area contributed by atoms with Crippen LogP contribution in [0.4, 0.5) is 16.1 Å². The average molecular weight is 458 g/mol. The maximum absolute atomic E-state index is 14.8. The van der Waals surface area contributed by atoms with Gasteiger partial charge in [0.05, 0.1) is 19.2 Å². The number of halogens is 1. The molecule has 1 aromatic carbocycles. The van der Waals surface area contributed by atoms with E-state index in [1.807, 2.05) is 11.8 Å². The molecule has 33 heavy (non-hydrogen) atoms. The largest absolute Gasteiger partial charge is 0.487 e. The fraction of sp³-hybridized carbons (Fsp3) is 0.600. The van der Waals surface area contributed by atoms with Crippen molar-refractivity contribution in [2.24, 2.45) is 11.8 Å². The number of carbonyl (C=O) groups is 1. The molecule has 0 radical (unpaired) electrons. The van der Waals surface area contributed by atoms with Crippen molar-refractivity contribution in [2.45, 2.75) is 64.6 Å². The zero-order valence-corrected chi connectivity index (χ0v) is 19.7. The van der Waals surface area contributed by atoms with Crippen molar-refractivity contribution in [1.29, 1.82) is 0 Å². The first kappa shape index (κ1) is 22.2. The van der Waals surface area contributed by atoms with Gasteiger partial charge in [0.25, 0.3) is 11.9 Å². The van der Waals surface area contributed by atoms with Crippen molar-refractivity contribution in [3.63, 3.8) is 0 Å². The predicted molar refractivity (Wildman–Crippen MR) is 122 cm³/mol. The number of benzene rings is 1. The van der Waals surface area contributed by atoms with Gasteiger partial charge < -0.3 is 24.1 Å². The first-order valence-corrected chi connectivity index (χ1v) is 11.9. The van der Waals surface area contributed by atoms with Gasteiger partial charge in [-0.1, -0.05) is 13.8 Å². The van der Waals surface area contributed by atoms with E-state index in [4.69, 9.17) is 13.9 Å². The van der Waals surface area contributed by atoms with E-state index in [-0.39, 0.29) is 23.1 Å². The summed E-state index contributed by atoms with van der Waals surface area (Å²) in [5.41, 5.74) is 1.07. The number of hydrogen-bond donors (Lipinski definition) is 1. The van der Waals surface area contributed by atoms with Crippen LogP contribution in [0.3, 0.4) is 0 Å². The van der Waals surface area contributed by atoms with Gasteiger partial charge in [-0.2, -0.15) is 4.98 Å². The molecule has 2 aliphatic carbocycles. The van der Waals surface area contributed by atoms with Gasteiger partial charge in [0, 0.05) is 25.3 Å². The molecular weight excluding hydrogens is 425 g/mol. The lowest BCUT2D eigenvalue weighted by Crippen LogP contribution is -2.62. The van der Waals surface area contributed by atoms with E-state index in [9.17, 15) is 9.18 Å². The Morgan fingerprint density at radius 2 is 2.00 bits per heavy atom. The van der Waals surface area contributed by atoms with Crippen LogP contribution in [-0.4, -0.2) is 42.8 Å². The summed E-state index contributed by atoms with van der Waals surface area (Å²) >= 11 is 0. The summed E-state index contributed by atoms with van der Waals surface area (Å²) in [6.07, 6.45) is 4.82. The van der Waals surface area contributed by atoms with E-state index in [0.717, 1.165) is 31.1 Å². The summed E-state index contributed by atoms with van der Waals surface area (Å²) in [6, 6.07) is 3.47. The molecule has 8 heteroatoms. The molecule has 2 unspecified atom stereocenters. The number of fused-ring (bicyclic) bond motifs is 1. The molecule has 3 fully saturated rings. The van der Waals surface area contributed by atoms with Gasteiger partial charge in [-0.15, -0.1) is 0 Å². The summed E-state index contributed by atoms with van der Waals surface area (Å²) in [7, 11) is 1.71. The predicted octanol–water partition coefficient (Wildman–Crippen LogP) is 4.73. The number of carbonyl (C=O) groups excluding carboxylic acids is 1. The molecule has 0 spiro atoms. The summed E-state index contributed by atoms with van der Waals surface area (Å²) in [4.78, 5) is 19.4. The second kappa shape index (κ2) is 8.31. The number of methoxy groups -OCH3 is 1. The minimum Gasteiger partial charge on any atom is -0.487 e. The van der Waals surface area contributed by atoms with Crippen LogP contribution >= 0.6 is 0 Å². The van der Waals surface area contributed by atoms with Crippen LogP contribution in [0.1, 0.15) is 61.3 Å². The quantitative estimate of drug-likeness (QED) is 0.618. The molecule has 1 amide bonds. The first-order chi connectivity index (χ1) is 15.8. The Balaban J connectivity index is 1.28. The topological polar surface area (TPSA) is 76.8 Å². The molecule has 2 aromatic rings. The van der Waals surface area contributed by atoms with E-state index in [1.165, 1.54) is 12.5 Å². The molecular formula is C25H32FN3O4. The van der Waals surface area contributed by atoms with E-state index in [2.05, 4.69) is 17.2 Å². The molecule has 1 N–H and O–H groups in total. The Morgan fingerprint density at radius 1 is 1.27 bits per heavy atom. The lowest BCUT2D eigenvalue weighted by atomic mass is 9.91. The number of oxazole rings is 1. The number of nitrogens with zero attached hydrogens (tertiary/aromatic N) is 2. The van der Waals surface area contributed by atoms with Crippen molar-refractivity contribution < 1.29 is 23.1 Å². The van der Waals surface area contributed by atoms with E-state index in [0.29, 0.717) is 42.5 Å². The van der Waals surface area contributed by atoms with Crippen LogP contribution < -0.4 is 15.0 Å². The van der Waals surface area contributed by atoms with Gasteiger partial charge >= 0.3 is 0 Å². The summed E-state index contributed by atoms with van der Waals surface area (Å²) in [5.74, 6) is 1.44. The molecule has 2 saturated carbocycles. The van der Waals surface area contributed by atoms with Crippen LogP contribution in [0.2, 0.25) is 0 Å². The highest BCUT2D eigenvalue weighted by atomic mass is 19.1. The molecule has 3 aliphatic rings. The average Bonchev–Trinajstić information content (AvgIpc) is 3.18. The third-order valence-corrected chi connectivity index (χ3v) is 7.50. The van der Waals surface area contributed by atoms with Crippen molar-refractivity contribution in [3.8, 4) is 5.75 Å². The zero-order chi connectivity index (χ0) is 23.3. The number of aromatic nitrogens is 1. The van der Waals surface area contributed by atoms with E-state index in [1.54, 1.807) is 20.1 Å². The summed E-state index contributed by atoms with van der Waals surface area (Å²) in [5, 5.41) is 2.78. The first-order valence-electron chi connectivity index (χ1n) is 11.9. The van der Waals surface area contributed by atoms with Crippen molar-refractivity contribution in [3.05, 3.63) is 35.0 Å². The highest BCUT2D eigenvalue weighted by Gasteiger charge is 2.47. The van der Waals surface area contributed by atoms with Gasteiger partial charge in [0.2, 0.25) is 0 Å². The van der Waals surface area contributed by atoms with Gasteiger partial charge in [-0.3, -0.25) is 4.79 Å². The molecule has 5 rings (SSSR count). The van der Waals surface area contributed by atoms with Gasteiger partial charge in [0.15, 0.2) is 17.3 Å². The Labute approximate surface area is 193 Å². The monoisotopic (exact) mass is 457 g/mol. The highest BCUT2D eigenvalue weighted by molar-refractivity contribution is 6.03. The lowest BCUT2D eigenvalue weighted by Gasteiger charge is -2.47. The standard InChI is InChI=1S/C25H32FN3O4/c1-5-20-21(28-24(33-20)29-12-25(6-2,13-29)31-4)23(30)27-17-7-14(3)22(19(26)11-17)32-18-9-15-8-16(15)10-18/h7,11,15-16,18H,5-6,8-10,12-13H2,1-4H3,(H,27,30)/t15-,16?,18?/m0/s1. The maximum Gasteiger partial charge on any atom is 0.298 e. The van der Waals surface area contributed by atoms with Gasteiger partial charge in [0.1, 0.15) is 11.4 Å². The normalized spacial score (nSPS) is 24.9. The minimum absolute atomic E-state index is 0.0918. The van der Waals surface area contributed by atoms with Crippen molar-refractivity contribution in [1.82, 2.24) is 4.98 Å². The third-order valence-electron chi connectivity index (χ3n) is 7.50. The van der Waals surface area contributed by atoms with Crippen LogP contribution in [0, 0.1) is 24.6 Å². The highest BCUT2D eigenvalue weighted by Crippen LogP contribution is 2.52. The Hall–Kier alpha value is -2.61. The number of amides is 1. The molecule has 1 saturated heterocycles. The van der Waals surface area contributed by atoms with Crippen molar-refractivity contribution >= 4 is 17.6 Å². The van der Waals surface area contributed by atoms with Crippen LogP contribution in [-0.2, 0) is 11.2 Å². The number of aryl methyl sites for hydroxylation is 2. The molecule has 1 aliphatic heterocycles. The molecule has 2 heterocycles. The van der Waals surface area contributed by atoms with Crippen LogP contribution in [0.15, 0.2) is 16.5 Å². The van der Waals surface area contributed by atoms with Gasteiger partial charge in [-0.05, 0) is 56.1 Å². The fourth-order valence-electron chi connectivity index (χ4n) is 5.24. The number of anilines is 2. The molecule has 1 aromatic heterocycles. The summed E-state index contributed by atoms with van der Waals surface area (Å²) in [6.45, 7) is 7.12. The van der Waals surface area contributed by atoms with E-state index >= 15 is 0 Å². The second-order valence-electron chi connectivity index (χ2n) is 9.74. The smallest absolute Gasteiger partial charge is 0.298 e. The maximum atomic E-state index is 14.8. The molecule has 7 nitrogen and oxygen atoms in total. The Kier molecular flexibility index (Phi) is 5.59. The van der Waals surface area contributed by atoms with Crippen LogP contribution in [0.25, 0.3) is 0 Å². The minimum atomic E-state index is -0.460. The van der Waals surface area contributed by atoms with E-state index < -0.39 is 11.7 Å². The summed E-state index contributed by atoms with van der Waals surface area (Å²) < 4.78 is 32.3. The number of nitrogens with one attached hydrogen (secondary N) is 1. The molecule has 3 atom stereocenters. The Bertz CT molecular complexity index is 1020. The lowest BCUT2D eigenvalue weighted by molar-refractivity contribution is -0.0379. The molecule has 178 valence electrons. The number of ether oxygens (including phenoxy) is 2. The molecule has 0 bridgehead atoms. The van der Waals surface area contributed by atoms with Gasteiger partial charge in [-0.25, -0.2) is 4.39 Å². The Morgan fingerprint density at radius 3 is 2.61 bits per heavy atom. The fourth-order valence-corrected chi connectivity index (χ4v) is 5.24. The second-order valence-corrected chi connectivity index (χ2v) is 9.74. The number of rotatable bonds is 8. The van der Waals surface area contributed by atoms with Crippen molar-refractivity contribution in [2.75, 3.05) is 30.4 Å².